The maximum atomic E-state index is 12.2. The molecule has 5 heteroatoms. The summed E-state index contributed by atoms with van der Waals surface area (Å²) in [6.45, 7) is 6.96. The monoisotopic (exact) mass is 270 g/mol. The molecule has 0 radical (unpaired) electrons. The molecule has 0 saturated carbocycles. The van der Waals surface area contributed by atoms with Crippen molar-refractivity contribution in [1.82, 2.24) is 4.90 Å². The summed E-state index contributed by atoms with van der Waals surface area (Å²) in [7, 11) is 0. The number of hydrogen-bond donors (Lipinski definition) is 2. The first-order valence-electron chi connectivity index (χ1n) is 6.96. The Hall–Kier alpha value is -1.10. The molecule has 0 aromatic heterocycles. The number of carbonyl (C=O) groups excluding carboxylic acids is 1. The molecule has 1 amide bonds. The molecule has 1 saturated heterocycles. The van der Waals surface area contributed by atoms with Crippen LogP contribution in [0.4, 0.5) is 0 Å². The fourth-order valence-electron chi connectivity index (χ4n) is 2.78. The fourth-order valence-corrected chi connectivity index (χ4v) is 2.78. The molecule has 0 bridgehead atoms. The average molecular weight is 270 g/mol. The van der Waals surface area contributed by atoms with Crippen molar-refractivity contribution < 1.29 is 14.7 Å². The Morgan fingerprint density at radius 3 is 2.58 bits per heavy atom. The molecular formula is C14H26N2O3. The molecule has 0 aromatic carbocycles. The molecule has 1 aliphatic heterocycles. The Bertz CT molecular complexity index is 336. The lowest BCUT2D eigenvalue weighted by Crippen LogP contribution is -2.40. The maximum absolute atomic E-state index is 12.2. The summed E-state index contributed by atoms with van der Waals surface area (Å²) in [5, 5.41) is 8.85. The number of carboxylic acid groups (broad SMARTS) is 1. The highest BCUT2D eigenvalue weighted by Crippen LogP contribution is 2.24. The number of carbonyl (C=O) groups is 2. The van der Waals surface area contributed by atoms with Crippen LogP contribution in [0, 0.1) is 5.41 Å². The van der Waals surface area contributed by atoms with E-state index in [1.807, 2.05) is 0 Å². The lowest BCUT2D eigenvalue weighted by atomic mass is 9.87. The molecule has 0 spiro atoms. The van der Waals surface area contributed by atoms with Crippen LogP contribution in [-0.2, 0) is 9.59 Å². The van der Waals surface area contributed by atoms with E-state index in [0.717, 1.165) is 19.3 Å². The van der Waals surface area contributed by atoms with Crippen LogP contribution >= 0.6 is 0 Å². The van der Waals surface area contributed by atoms with E-state index in [4.69, 9.17) is 10.8 Å². The van der Waals surface area contributed by atoms with Crippen LogP contribution in [0.3, 0.4) is 0 Å². The van der Waals surface area contributed by atoms with Gasteiger partial charge in [0, 0.05) is 25.0 Å². The molecule has 1 rings (SSSR count). The van der Waals surface area contributed by atoms with Crippen molar-refractivity contribution in [2.75, 3.05) is 6.54 Å². The van der Waals surface area contributed by atoms with Crippen molar-refractivity contribution in [2.24, 2.45) is 11.1 Å². The SMILES string of the molecule is CC(C)(C)CC(N)CC(=O)N1CCCC1CC(=O)O. The molecule has 1 heterocycles. The molecule has 3 N–H and O–H groups in total. The largest absolute Gasteiger partial charge is 0.481 e. The van der Waals surface area contributed by atoms with E-state index >= 15 is 0 Å². The number of carboxylic acids is 1. The molecule has 19 heavy (non-hydrogen) atoms. The van der Waals surface area contributed by atoms with Gasteiger partial charge in [0.05, 0.1) is 6.42 Å². The predicted molar refractivity (Wildman–Crippen MR) is 73.7 cm³/mol. The summed E-state index contributed by atoms with van der Waals surface area (Å²) >= 11 is 0. The highest BCUT2D eigenvalue weighted by molar-refractivity contribution is 5.78. The van der Waals surface area contributed by atoms with Crippen LogP contribution in [0.2, 0.25) is 0 Å². The Morgan fingerprint density at radius 1 is 1.42 bits per heavy atom. The van der Waals surface area contributed by atoms with Crippen LogP contribution in [0.5, 0.6) is 0 Å². The highest BCUT2D eigenvalue weighted by Gasteiger charge is 2.31. The van der Waals surface area contributed by atoms with Crippen LogP contribution < -0.4 is 5.73 Å². The van der Waals surface area contributed by atoms with Crippen molar-refractivity contribution in [2.45, 2.75) is 65.0 Å². The number of amides is 1. The van der Waals surface area contributed by atoms with Gasteiger partial charge in [-0.25, -0.2) is 0 Å². The van der Waals surface area contributed by atoms with E-state index in [1.165, 1.54) is 0 Å². The van der Waals surface area contributed by atoms with Crippen molar-refractivity contribution in [3.63, 3.8) is 0 Å². The molecule has 110 valence electrons. The predicted octanol–water partition coefficient (Wildman–Crippen LogP) is 1.61. The zero-order valence-corrected chi connectivity index (χ0v) is 12.2. The van der Waals surface area contributed by atoms with Gasteiger partial charge in [-0.1, -0.05) is 20.8 Å². The molecule has 0 aromatic rings. The molecule has 1 fully saturated rings. The van der Waals surface area contributed by atoms with Gasteiger partial charge < -0.3 is 15.7 Å². The van der Waals surface area contributed by atoms with E-state index < -0.39 is 5.97 Å². The van der Waals surface area contributed by atoms with Gasteiger partial charge in [-0.15, -0.1) is 0 Å². The number of nitrogens with zero attached hydrogens (tertiary/aromatic N) is 1. The van der Waals surface area contributed by atoms with E-state index in [2.05, 4.69) is 20.8 Å². The van der Waals surface area contributed by atoms with E-state index in [-0.39, 0.29) is 29.8 Å². The van der Waals surface area contributed by atoms with Gasteiger partial charge in [-0.3, -0.25) is 9.59 Å². The number of aliphatic carboxylic acids is 1. The van der Waals surface area contributed by atoms with Crippen molar-refractivity contribution in [1.29, 1.82) is 0 Å². The van der Waals surface area contributed by atoms with E-state index in [1.54, 1.807) is 4.90 Å². The van der Waals surface area contributed by atoms with Crippen molar-refractivity contribution in [3.8, 4) is 0 Å². The highest BCUT2D eigenvalue weighted by atomic mass is 16.4. The third-order valence-electron chi connectivity index (χ3n) is 3.42. The first kappa shape index (κ1) is 16.0. The molecule has 1 aliphatic rings. The number of rotatable bonds is 5. The smallest absolute Gasteiger partial charge is 0.305 e. The molecule has 2 atom stereocenters. The number of hydrogen-bond acceptors (Lipinski definition) is 3. The van der Waals surface area contributed by atoms with Crippen LogP contribution in [-0.4, -0.2) is 40.5 Å². The average Bonchev–Trinajstić information content (AvgIpc) is 2.61. The minimum absolute atomic E-state index is 0.000463. The van der Waals surface area contributed by atoms with Gasteiger partial charge >= 0.3 is 5.97 Å². The van der Waals surface area contributed by atoms with Gasteiger partial charge in [-0.2, -0.15) is 0 Å². The quantitative estimate of drug-likeness (QED) is 0.795. The van der Waals surface area contributed by atoms with Crippen LogP contribution in [0.15, 0.2) is 0 Å². The topological polar surface area (TPSA) is 83.6 Å². The summed E-state index contributed by atoms with van der Waals surface area (Å²) in [6.07, 6.45) is 2.81. The maximum Gasteiger partial charge on any atom is 0.305 e. The Kier molecular flexibility index (Phi) is 5.35. The normalized spacial score (nSPS) is 21.5. The summed E-state index contributed by atoms with van der Waals surface area (Å²) in [5.74, 6) is -0.843. The molecule has 5 nitrogen and oxygen atoms in total. The third-order valence-corrected chi connectivity index (χ3v) is 3.42. The summed E-state index contributed by atoms with van der Waals surface area (Å²) in [5.41, 5.74) is 6.11. The first-order valence-corrected chi connectivity index (χ1v) is 6.96. The second kappa shape index (κ2) is 6.37. The summed E-state index contributed by atoms with van der Waals surface area (Å²) in [6, 6.07) is -0.301. The number of likely N-dealkylation sites (tertiary alicyclic amines) is 1. The molecule has 0 aliphatic carbocycles. The third kappa shape index (κ3) is 5.59. The summed E-state index contributed by atoms with van der Waals surface area (Å²) < 4.78 is 0. The Labute approximate surface area is 115 Å². The zero-order chi connectivity index (χ0) is 14.6. The van der Waals surface area contributed by atoms with Crippen molar-refractivity contribution in [3.05, 3.63) is 0 Å². The van der Waals surface area contributed by atoms with E-state index in [9.17, 15) is 9.59 Å². The van der Waals surface area contributed by atoms with Crippen molar-refractivity contribution >= 4 is 11.9 Å². The van der Waals surface area contributed by atoms with Gasteiger partial charge in [0.15, 0.2) is 0 Å². The number of nitrogens with two attached hydrogens (primary N) is 1. The Morgan fingerprint density at radius 2 is 2.05 bits per heavy atom. The lowest BCUT2D eigenvalue weighted by molar-refractivity contribution is -0.140. The zero-order valence-electron chi connectivity index (χ0n) is 12.2. The lowest BCUT2D eigenvalue weighted by Gasteiger charge is -2.27. The second-order valence-corrected chi connectivity index (χ2v) is 6.71. The fraction of sp³-hybridized carbons (Fsp3) is 0.857. The van der Waals surface area contributed by atoms with E-state index in [0.29, 0.717) is 13.0 Å². The molecular weight excluding hydrogens is 244 g/mol. The van der Waals surface area contributed by atoms with Crippen LogP contribution in [0.25, 0.3) is 0 Å². The van der Waals surface area contributed by atoms with Gasteiger partial charge in [0.1, 0.15) is 0 Å². The van der Waals surface area contributed by atoms with Gasteiger partial charge in [-0.05, 0) is 24.7 Å². The second-order valence-electron chi connectivity index (χ2n) is 6.71. The minimum atomic E-state index is -0.844. The standard InChI is InChI=1S/C14H26N2O3/c1-14(2,3)9-10(15)7-12(17)16-6-4-5-11(16)8-13(18)19/h10-11H,4-9,15H2,1-3H3,(H,18,19). The molecule has 2 unspecified atom stereocenters. The van der Waals surface area contributed by atoms with Crippen LogP contribution in [0.1, 0.15) is 52.9 Å². The Balaban J connectivity index is 2.50. The minimum Gasteiger partial charge on any atom is -0.481 e. The summed E-state index contributed by atoms with van der Waals surface area (Å²) in [4.78, 5) is 24.7. The first-order chi connectivity index (χ1) is 8.69. The van der Waals surface area contributed by atoms with Gasteiger partial charge in [0.2, 0.25) is 5.91 Å². The van der Waals surface area contributed by atoms with Gasteiger partial charge in [0.25, 0.3) is 0 Å².